The number of benzene rings is 1. The Balaban J connectivity index is 0. The van der Waals surface area contributed by atoms with Crippen molar-refractivity contribution in [1.82, 2.24) is 4.90 Å². The Bertz CT molecular complexity index is 767. The fraction of sp³-hybridized carbons (Fsp3) is 0.333. The van der Waals surface area contributed by atoms with E-state index in [9.17, 15) is 14.9 Å². The van der Waals surface area contributed by atoms with E-state index in [1.165, 1.54) is 19.1 Å². The molecule has 0 bridgehead atoms. The van der Waals surface area contributed by atoms with E-state index in [4.69, 9.17) is 16.0 Å². The predicted molar refractivity (Wildman–Crippen MR) is 125 cm³/mol. The fourth-order valence-electron chi connectivity index (χ4n) is 2.05. The Labute approximate surface area is 185 Å². The molecule has 0 atom stereocenters. The molecule has 1 aromatic carbocycles. The van der Waals surface area contributed by atoms with Crippen molar-refractivity contribution in [2.45, 2.75) is 26.2 Å². The summed E-state index contributed by atoms with van der Waals surface area (Å²) in [5, 5.41) is 11.0. The lowest BCUT2D eigenvalue weighted by molar-refractivity contribution is -0.385. The molecule has 7 heteroatoms. The summed E-state index contributed by atoms with van der Waals surface area (Å²) in [4.78, 5) is 31.4. The SMILES string of the molecule is C#Cc1ccc(OCCCCCN(C)C)c([N+](=O)[O-])c1.C=C/C=C(\C=C)C=O.CC=O. The summed E-state index contributed by atoms with van der Waals surface area (Å²) in [7, 11) is 4.07. The lowest BCUT2D eigenvalue weighted by Crippen LogP contribution is -2.13. The first-order chi connectivity index (χ1) is 14.8. The van der Waals surface area contributed by atoms with Gasteiger partial charge in [0.2, 0.25) is 0 Å². The third kappa shape index (κ3) is 16.0. The molecule has 31 heavy (non-hydrogen) atoms. The van der Waals surface area contributed by atoms with Crippen molar-refractivity contribution in [3.63, 3.8) is 0 Å². The predicted octanol–water partition coefficient (Wildman–Crippen LogP) is 4.38. The molecule has 0 saturated carbocycles. The van der Waals surface area contributed by atoms with Crippen LogP contribution < -0.4 is 4.74 Å². The van der Waals surface area contributed by atoms with Crippen molar-refractivity contribution in [2.75, 3.05) is 27.2 Å². The van der Waals surface area contributed by atoms with Crippen LogP contribution in [0, 0.1) is 22.5 Å². The molecule has 0 amide bonds. The van der Waals surface area contributed by atoms with Gasteiger partial charge in [0.15, 0.2) is 5.75 Å². The first kappa shape index (κ1) is 29.7. The van der Waals surface area contributed by atoms with Crippen molar-refractivity contribution < 1.29 is 19.2 Å². The number of nitro groups is 1. The number of rotatable bonds is 11. The maximum absolute atomic E-state index is 11.0. The van der Waals surface area contributed by atoms with E-state index in [0.29, 0.717) is 17.7 Å². The van der Waals surface area contributed by atoms with Crippen LogP contribution in [-0.2, 0) is 9.59 Å². The lowest BCUT2D eigenvalue weighted by atomic mass is 10.2. The molecule has 0 aliphatic carbocycles. The van der Waals surface area contributed by atoms with Gasteiger partial charge in [-0.3, -0.25) is 14.9 Å². The number of aldehydes is 2. The Morgan fingerprint density at radius 3 is 2.32 bits per heavy atom. The van der Waals surface area contributed by atoms with Crippen LogP contribution in [0.15, 0.2) is 55.2 Å². The molecule has 168 valence electrons. The summed E-state index contributed by atoms with van der Waals surface area (Å²) >= 11 is 0. The van der Waals surface area contributed by atoms with Crippen LogP contribution in [0.25, 0.3) is 0 Å². The average molecular weight is 429 g/mol. The molecule has 0 radical (unpaired) electrons. The molecule has 0 saturated heterocycles. The van der Waals surface area contributed by atoms with Gasteiger partial charge < -0.3 is 14.4 Å². The standard InChI is InChI=1S/C15H20N2O3.C7H8O.C2H4O/c1-4-13-8-9-15(14(12-13)17(18)19)20-11-7-5-6-10-16(2)3;1-3-5-7(4-2)6-8;1-2-3/h1,8-9,12H,5-7,10-11H2,2-3H3;3-6H,1-2H2;2H,1H3/b;7-5+;. The normalized spacial score (nSPS) is 9.71. The number of nitro benzene ring substituents is 1. The molecule has 0 aliphatic rings. The van der Waals surface area contributed by atoms with E-state index in [0.717, 1.165) is 38.4 Å². The Kier molecular flexibility index (Phi) is 19.0. The van der Waals surface area contributed by atoms with Gasteiger partial charge in [-0.05, 0) is 59.0 Å². The second-order valence-electron chi connectivity index (χ2n) is 6.26. The molecular formula is C24H32N2O5. The largest absolute Gasteiger partial charge is 0.487 e. The molecule has 0 spiro atoms. The third-order valence-corrected chi connectivity index (χ3v) is 3.51. The number of carbonyl (C=O) groups excluding carboxylic acids is 2. The molecule has 0 aromatic heterocycles. The van der Waals surface area contributed by atoms with Crippen LogP contribution in [-0.4, -0.2) is 49.6 Å². The van der Waals surface area contributed by atoms with Gasteiger partial charge in [0.25, 0.3) is 0 Å². The number of allylic oxidation sites excluding steroid dienone is 4. The van der Waals surface area contributed by atoms with E-state index in [1.54, 1.807) is 24.3 Å². The van der Waals surface area contributed by atoms with Crippen molar-refractivity contribution in [1.29, 1.82) is 0 Å². The van der Waals surface area contributed by atoms with Crippen LogP contribution in [0.4, 0.5) is 5.69 Å². The summed E-state index contributed by atoms with van der Waals surface area (Å²) < 4.78 is 5.48. The number of hydrogen-bond acceptors (Lipinski definition) is 6. The highest BCUT2D eigenvalue weighted by Gasteiger charge is 2.15. The van der Waals surface area contributed by atoms with Gasteiger partial charge in [0, 0.05) is 17.2 Å². The Morgan fingerprint density at radius 1 is 1.26 bits per heavy atom. The first-order valence-electron chi connectivity index (χ1n) is 9.63. The molecule has 0 aliphatic heterocycles. The molecule has 1 aromatic rings. The highest BCUT2D eigenvalue weighted by Crippen LogP contribution is 2.27. The number of terminal acetylenes is 1. The van der Waals surface area contributed by atoms with Crippen LogP contribution >= 0.6 is 0 Å². The van der Waals surface area contributed by atoms with Crippen molar-refractivity contribution >= 4 is 18.3 Å². The minimum Gasteiger partial charge on any atom is -0.487 e. The number of carbonyl (C=O) groups is 2. The Morgan fingerprint density at radius 2 is 1.90 bits per heavy atom. The molecule has 0 fully saturated rings. The number of nitrogens with zero attached hydrogens (tertiary/aromatic N) is 2. The summed E-state index contributed by atoms with van der Waals surface area (Å²) in [5.41, 5.74) is 0.962. The van der Waals surface area contributed by atoms with Gasteiger partial charge >= 0.3 is 5.69 Å². The zero-order valence-corrected chi connectivity index (χ0v) is 18.6. The van der Waals surface area contributed by atoms with Gasteiger partial charge in [0.1, 0.15) is 12.6 Å². The zero-order chi connectivity index (χ0) is 24.1. The van der Waals surface area contributed by atoms with E-state index in [2.05, 4.69) is 24.0 Å². The smallest absolute Gasteiger partial charge is 0.312 e. The van der Waals surface area contributed by atoms with Gasteiger partial charge in [-0.2, -0.15) is 0 Å². The van der Waals surface area contributed by atoms with Crippen molar-refractivity contribution in [3.05, 3.63) is 70.8 Å². The van der Waals surface area contributed by atoms with Crippen LogP contribution in [0.2, 0.25) is 0 Å². The summed E-state index contributed by atoms with van der Waals surface area (Å²) in [5.74, 6) is 2.66. The van der Waals surface area contributed by atoms with Gasteiger partial charge in [0.05, 0.1) is 11.5 Å². The fourth-order valence-corrected chi connectivity index (χ4v) is 2.05. The second-order valence-corrected chi connectivity index (χ2v) is 6.26. The molecular weight excluding hydrogens is 396 g/mol. The maximum Gasteiger partial charge on any atom is 0.312 e. The summed E-state index contributed by atoms with van der Waals surface area (Å²) in [6.45, 7) is 9.78. The number of ether oxygens (including phenoxy) is 1. The first-order valence-corrected chi connectivity index (χ1v) is 9.63. The molecule has 7 nitrogen and oxygen atoms in total. The monoisotopic (exact) mass is 428 g/mol. The maximum atomic E-state index is 11.0. The molecule has 0 N–H and O–H groups in total. The molecule has 0 unspecified atom stereocenters. The average Bonchev–Trinajstić information content (AvgIpc) is 2.75. The van der Waals surface area contributed by atoms with Gasteiger partial charge in [-0.1, -0.05) is 37.3 Å². The second kappa shape index (κ2) is 19.8. The topological polar surface area (TPSA) is 89.8 Å². The third-order valence-electron chi connectivity index (χ3n) is 3.51. The zero-order valence-electron chi connectivity index (χ0n) is 18.6. The molecule has 1 rings (SSSR count). The minimum atomic E-state index is -0.470. The van der Waals surface area contributed by atoms with Crippen LogP contribution in [0.3, 0.4) is 0 Å². The van der Waals surface area contributed by atoms with Crippen LogP contribution in [0.1, 0.15) is 31.7 Å². The minimum absolute atomic E-state index is 0.0752. The van der Waals surface area contributed by atoms with Crippen LogP contribution in [0.5, 0.6) is 5.75 Å². The number of unbranched alkanes of at least 4 members (excludes halogenated alkanes) is 2. The highest BCUT2D eigenvalue weighted by atomic mass is 16.6. The van der Waals surface area contributed by atoms with Gasteiger partial charge in [-0.25, -0.2) is 0 Å². The van der Waals surface area contributed by atoms with Crippen molar-refractivity contribution in [2.24, 2.45) is 0 Å². The Hall–Kier alpha value is -3.50. The van der Waals surface area contributed by atoms with E-state index >= 15 is 0 Å². The van der Waals surface area contributed by atoms with E-state index in [-0.39, 0.29) is 11.4 Å². The molecule has 0 heterocycles. The summed E-state index contributed by atoms with van der Waals surface area (Å²) in [6, 6.07) is 4.57. The lowest BCUT2D eigenvalue weighted by Gasteiger charge is -2.09. The number of hydrogen-bond donors (Lipinski definition) is 0. The summed E-state index contributed by atoms with van der Waals surface area (Å²) in [6.07, 6.45) is 14.3. The highest BCUT2D eigenvalue weighted by molar-refractivity contribution is 5.77. The van der Waals surface area contributed by atoms with Gasteiger partial charge in [-0.15, -0.1) is 6.42 Å². The van der Waals surface area contributed by atoms with Crippen molar-refractivity contribution in [3.8, 4) is 18.1 Å². The quantitative estimate of drug-likeness (QED) is 0.0988. The van der Waals surface area contributed by atoms with E-state index < -0.39 is 4.92 Å². The van der Waals surface area contributed by atoms with E-state index in [1.807, 2.05) is 14.1 Å².